The standard InChI is InChI=1S/C13H21N3O/c1-16(11-12-6-5-9-15-10-12)13(17)7-3-2-4-8-14/h5-6,9-10H,2-4,7-8,11,14H2,1H3. The Morgan fingerprint density at radius 2 is 2.24 bits per heavy atom. The van der Waals surface area contributed by atoms with Crippen LogP contribution in [-0.4, -0.2) is 29.4 Å². The Bertz CT molecular complexity index is 327. The normalized spacial score (nSPS) is 10.2. The summed E-state index contributed by atoms with van der Waals surface area (Å²) in [7, 11) is 1.83. The lowest BCUT2D eigenvalue weighted by molar-refractivity contribution is -0.130. The third kappa shape index (κ3) is 5.45. The number of carbonyl (C=O) groups excluding carboxylic acids is 1. The maximum atomic E-state index is 11.8. The third-order valence-corrected chi connectivity index (χ3v) is 2.66. The van der Waals surface area contributed by atoms with Crippen molar-refractivity contribution in [2.75, 3.05) is 13.6 Å². The summed E-state index contributed by atoms with van der Waals surface area (Å²) in [5.41, 5.74) is 6.47. The number of hydrogen-bond acceptors (Lipinski definition) is 3. The minimum absolute atomic E-state index is 0.186. The number of nitrogens with two attached hydrogens (primary N) is 1. The number of unbranched alkanes of at least 4 members (excludes halogenated alkanes) is 2. The Kier molecular flexibility index (Phi) is 6.25. The van der Waals surface area contributed by atoms with E-state index in [-0.39, 0.29) is 5.91 Å². The quantitative estimate of drug-likeness (QED) is 0.730. The summed E-state index contributed by atoms with van der Waals surface area (Å²) < 4.78 is 0. The molecule has 4 heteroatoms. The fourth-order valence-corrected chi connectivity index (χ4v) is 1.64. The molecule has 0 aromatic carbocycles. The zero-order valence-electron chi connectivity index (χ0n) is 10.4. The average molecular weight is 235 g/mol. The number of pyridine rings is 1. The smallest absolute Gasteiger partial charge is 0.222 e. The highest BCUT2D eigenvalue weighted by Gasteiger charge is 2.08. The van der Waals surface area contributed by atoms with E-state index >= 15 is 0 Å². The van der Waals surface area contributed by atoms with E-state index in [1.54, 1.807) is 17.3 Å². The van der Waals surface area contributed by atoms with E-state index < -0.39 is 0 Å². The second-order valence-corrected chi connectivity index (χ2v) is 4.21. The first-order chi connectivity index (χ1) is 8.24. The van der Waals surface area contributed by atoms with Gasteiger partial charge in [0.15, 0.2) is 0 Å². The summed E-state index contributed by atoms with van der Waals surface area (Å²) in [4.78, 5) is 17.6. The van der Waals surface area contributed by atoms with Crippen LogP contribution < -0.4 is 5.73 Å². The Morgan fingerprint density at radius 1 is 1.41 bits per heavy atom. The number of rotatable bonds is 7. The van der Waals surface area contributed by atoms with E-state index in [0.29, 0.717) is 19.5 Å². The highest BCUT2D eigenvalue weighted by molar-refractivity contribution is 5.75. The van der Waals surface area contributed by atoms with Crippen molar-refractivity contribution >= 4 is 5.91 Å². The maximum absolute atomic E-state index is 11.8. The van der Waals surface area contributed by atoms with Gasteiger partial charge in [-0.1, -0.05) is 12.5 Å². The molecule has 0 saturated carbocycles. The lowest BCUT2D eigenvalue weighted by atomic mass is 10.1. The van der Waals surface area contributed by atoms with Crippen molar-refractivity contribution in [1.82, 2.24) is 9.88 Å². The molecule has 0 bridgehead atoms. The van der Waals surface area contributed by atoms with Crippen LogP contribution in [0.4, 0.5) is 0 Å². The molecule has 0 saturated heterocycles. The molecule has 2 N–H and O–H groups in total. The van der Waals surface area contributed by atoms with Crippen LogP contribution in [0.25, 0.3) is 0 Å². The summed E-state index contributed by atoms with van der Waals surface area (Å²) in [5, 5.41) is 0. The van der Waals surface area contributed by atoms with Crippen LogP contribution in [0.1, 0.15) is 31.2 Å². The SMILES string of the molecule is CN(Cc1cccnc1)C(=O)CCCCCN. The summed E-state index contributed by atoms with van der Waals surface area (Å²) in [6.07, 6.45) is 7.09. The molecule has 1 rings (SSSR count). The molecule has 17 heavy (non-hydrogen) atoms. The Labute approximate surface area is 103 Å². The van der Waals surface area contributed by atoms with Gasteiger partial charge in [-0.15, -0.1) is 0 Å². The van der Waals surface area contributed by atoms with E-state index in [1.807, 2.05) is 19.2 Å². The van der Waals surface area contributed by atoms with Crippen molar-refractivity contribution in [1.29, 1.82) is 0 Å². The predicted octanol–water partition coefficient (Wildman–Crippen LogP) is 1.56. The molecular formula is C13H21N3O. The number of nitrogens with zero attached hydrogens (tertiary/aromatic N) is 2. The zero-order chi connectivity index (χ0) is 12.5. The summed E-state index contributed by atoms with van der Waals surface area (Å²) >= 11 is 0. The molecule has 0 spiro atoms. The highest BCUT2D eigenvalue weighted by atomic mass is 16.2. The summed E-state index contributed by atoms with van der Waals surface area (Å²) in [6, 6.07) is 3.86. The van der Waals surface area contributed by atoms with Gasteiger partial charge < -0.3 is 10.6 Å². The van der Waals surface area contributed by atoms with E-state index in [1.165, 1.54) is 0 Å². The van der Waals surface area contributed by atoms with Gasteiger partial charge in [0.2, 0.25) is 5.91 Å². The van der Waals surface area contributed by atoms with Gasteiger partial charge in [-0.25, -0.2) is 0 Å². The molecule has 1 aromatic rings. The fourth-order valence-electron chi connectivity index (χ4n) is 1.64. The van der Waals surface area contributed by atoms with Gasteiger partial charge in [0.05, 0.1) is 0 Å². The minimum atomic E-state index is 0.186. The van der Waals surface area contributed by atoms with Gasteiger partial charge in [-0.2, -0.15) is 0 Å². The lowest BCUT2D eigenvalue weighted by Gasteiger charge is -2.16. The molecule has 1 heterocycles. The highest BCUT2D eigenvalue weighted by Crippen LogP contribution is 2.05. The van der Waals surface area contributed by atoms with E-state index in [9.17, 15) is 4.79 Å². The van der Waals surface area contributed by atoms with Gasteiger partial charge >= 0.3 is 0 Å². The molecule has 4 nitrogen and oxygen atoms in total. The van der Waals surface area contributed by atoms with Gasteiger partial charge in [0, 0.05) is 32.4 Å². The predicted molar refractivity (Wildman–Crippen MR) is 68.2 cm³/mol. The van der Waals surface area contributed by atoms with E-state index in [4.69, 9.17) is 5.73 Å². The van der Waals surface area contributed by atoms with Gasteiger partial charge in [0.1, 0.15) is 0 Å². The largest absolute Gasteiger partial charge is 0.341 e. The average Bonchev–Trinajstić information content (AvgIpc) is 2.35. The molecule has 1 amide bonds. The number of amides is 1. The molecule has 94 valence electrons. The van der Waals surface area contributed by atoms with Crippen LogP contribution in [-0.2, 0) is 11.3 Å². The summed E-state index contributed by atoms with van der Waals surface area (Å²) in [6.45, 7) is 1.34. The molecule has 0 unspecified atom stereocenters. The van der Waals surface area contributed by atoms with Crippen LogP contribution in [0.15, 0.2) is 24.5 Å². The molecular weight excluding hydrogens is 214 g/mol. The number of hydrogen-bond donors (Lipinski definition) is 1. The third-order valence-electron chi connectivity index (χ3n) is 2.66. The van der Waals surface area contributed by atoms with Gasteiger partial charge in [0.25, 0.3) is 0 Å². The van der Waals surface area contributed by atoms with Crippen LogP contribution in [0.5, 0.6) is 0 Å². The van der Waals surface area contributed by atoms with Crippen molar-refractivity contribution in [3.05, 3.63) is 30.1 Å². The van der Waals surface area contributed by atoms with Crippen molar-refractivity contribution in [2.45, 2.75) is 32.2 Å². The first kappa shape index (κ1) is 13.6. The first-order valence-electron chi connectivity index (χ1n) is 6.07. The van der Waals surface area contributed by atoms with E-state index in [0.717, 1.165) is 24.8 Å². The van der Waals surface area contributed by atoms with Crippen LogP contribution in [0.3, 0.4) is 0 Å². The van der Waals surface area contributed by atoms with Gasteiger partial charge in [-0.3, -0.25) is 9.78 Å². The molecule has 0 aliphatic carbocycles. The second-order valence-electron chi connectivity index (χ2n) is 4.21. The van der Waals surface area contributed by atoms with E-state index in [2.05, 4.69) is 4.98 Å². The molecule has 0 aliphatic rings. The van der Waals surface area contributed by atoms with Crippen LogP contribution in [0.2, 0.25) is 0 Å². The van der Waals surface area contributed by atoms with Gasteiger partial charge in [-0.05, 0) is 31.0 Å². The fraction of sp³-hybridized carbons (Fsp3) is 0.538. The first-order valence-corrected chi connectivity index (χ1v) is 6.07. The Hall–Kier alpha value is -1.42. The maximum Gasteiger partial charge on any atom is 0.222 e. The number of carbonyl (C=O) groups is 1. The molecule has 1 aromatic heterocycles. The zero-order valence-corrected chi connectivity index (χ0v) is 10.4. The van der Waals surface area contributed by atoms with Crippen LogP contribution >= 0.6 is 0 Å². The van der Waals surface area contributed by atoms with Crippen molar-refractivity contribution in [3.63, 3.8) is 0 Å². The molecule has 0 aliphatic heterocycles. The molecule has 0 fully saturated rings. The lowest BCUT2D eigenvalue weighted by Crippen LogP contribution is -2.25. The summed E-state index contributed by atoms with van der Waals surface area (Å²) in [5.74, 6) is 0.186. The van der Waals surface area contributed by atoms with Crippen molar-refractivity contribution in [2.24, 2.45) is 5.73 Å². The molecule has 0 radical (unpaired) electrons. The molecule has 0 atom stereocenters. The Morgan fingerprint density at radius 3 is 2.88 bits per heavy atom. The topological polar surface area (TPSA) is 59.2 Å². The minimum Gasteiger partial charge on any atom is -0.341 e. The Balaban J connectivity index is 2.27. The second kappa shape index (κ2) is 7.79. The number of aromatic nitrogens is 1. The van der Waals surface area contributed by atoms with Crippen molar-refractivity contribution in [3.8, 4) is 0 Å². The van der Waals surface area contributed by atoms with Crippen molar-refractivity contribution < 1.29 is 4.79 Å². The van der Waals surface area contributed by atoms with Crippen LogP contribution in [0, 0.1) is 0 Å². The monoisotopic (exact) mass is 235 g/mol.